The van der Waals surface area contributed by atoms with Crippen LogP contribution in [0.4, 0.5) is 11.4 Å². The first-order valence-electron chi connectivity index (χ1n) is 13.5. The van der Waals surface area contributed by atoms with Gasteiger partial charge in [0.05, 0.1) is 11.3 Å². The topological polar surface area (TPSA) is 135 Å². The fourth-order valence-electron chi connectivity index (χ4n) is 5.32. The third-order valence-electron chi connectivity index (χ3n) is 7.33. The fraction of sp³-hybridized carbons (Fsp3) is 0.448. The van der Waals surface area contributed by atoms with Crippen molar-refractivity contribution >= 4 is 28.8 Å². The molecule has 2 fully saturated rings. The van der Waals surface area contributed by atoms with Crippen LogP contribution in [0.5, 0.6) is 0 Å². The zero-order valence-corrected chi connectivity index (χ0v) is 23.4. The van der Waals surface area contributed by atoms with E-state index in [1.165, 1.54) is 11.1 Å². The van der Waals surface area contributed by atoms with Gasteiger partial charge in [-0.1, -0.05) is 11.3 Å². The number of anilines is 1. The van der Waals surface area contributed by atoms with Crippen molar-refractivity contribution in [3.05, 3.63) is 64.6 Å². The summed E-state index contributed by atoms with van der Waals surface area (Å²) in [7, 11) is 0. The molecule has 2 aliphatic heterocycles. The smallest absolute Gasteiger partial charge is 0.255 e. The van der Waals surface area contributed by atoms with Crippen LogP contribution < -0.4 is 11.2 Å². The Labute approximate surface area is 230 Å². The molecule has 0 spiro atoms. The SMILES string of the molecule is C/C(=N\C=C1\CN(C2CCN(C(=O)c3cnc(C)c(/N=N\N)c3)CC2)CCCC1=N)Nc1cc(C)cc(C)c1. The van der Waals surface area contributed by atoms with Gasteiger partial charge in [0.25, 0.3) is 5.91 Å². The van der Waals surface area contributed by atoms with Crippen molar-refractivity contribution in [2.75, 3.05) is 31.5 Å². The van der Waals surface area contributed by atoms with Gasteiger partial charge >= 0.3 is 0 Å². The number of carbonyl (C=O) groups excluding carboxylic acids is 1. The zero-order chi connectivity index (χ0) is 27.9. The Kier molecular flexibility index (Phi) is 9.19. The molecule has 0 bridgehead atoms. The number of carbonyl (C=O) groups is 1. The minimum Gasteiger partial charge on any atom is -0.344 e. The van der Waals surface area contributed by atoms with Gasteiger partial charge in [-0.3, -0.25) is 14.7 Å². The maximum absolute atomic E-state index is 13.1. The molecule has 0 unspecified atom stereocenters. The first-order valence-corrected chi connectivity index (χ1v) is 13.5. The number of aromatic nitrogens is 1. The molecule has 2 aliphatic rings. The molecule has 3 heterocycles. The van der Waals surface area contributed by atoms with Gasteiger partial charge < -0.3 is 21.5 Å². The Morgan fingerprint density at radius 1 is 1.13 bits per heavy atom. The van der Waals surface area contributed by atoms with Crippen LogP contribution in [0.15, 0.2) is 57.6 Å². The molecule has 1 amide bonds. The molecule has 4 rings (SSSR count). The maximum Gasteiger partial charge on any atom is 0.255 e. The molecule has 10 heteroatoms. The molecule has 2 saturated heterocycles. The Hall–Kier alpha value is -3.92. The van der Waals surface area contributed by atoms with Gasteiger partial charge in [0.2, 0.25) is 0 Å². The van der Waals surface area contributed by atoms with Crippen molar-refractivity contribution in [2.45, 2.75) is 59.4 Å². The van der Waals surface area contributed by atoms with Crippen LogP contribution in [0, 0.1) is 26.2 Å². The monoisotopic (exact) mass is 529 g/mol. The minimum atomic E-state index is -0.0474. The predicted molar refractivity (Wildman–Crippen MR) is 156 cm³/mol. The molecule has 1 aromatic carbocycles. The first-order chi connectivity index (χ1) is 18.7. The highest BCUT2D eigenvalue weighted by Gasteiger charge is 2.29. The van der Waals surface area contributed by atoms with Crippen LogP contribution >= 0.6 is 0 Å². The lowest BCUT2D eigenvalue weighted by Gasteiger charge is -2.38. The van der Waals surface area contributed by atoms with Crippen molar-refractivity contribution in [1.29, 1.82) is 5.41 Å². The summed E-state index contributed by atoms with van der Waals surface area (Å²) < 4.78 is 0. The molecular weight excluding hydrogens is 490 g/mol. The summed E-state index contributed by atoms with van der Waals surface area (Å²) in [5.41, 5.74) is 6.73. The second-order valence-corrected chi connectivity index (χ2v) is 10.5. The average Bonchev–Trinajstić information content (AvgIpc) is 3.09. The Balaban J connectivity index is 1.38. The fourth-order valence-corrected chi connectivity index (χ4v) is 5.32. The van der Waals surface area contributed by atoms with E-state index in [1.54, 1.807) is 12.3 Å². The van der Waals surface area contributed by atoms with Crippen LogP contribution in [0.2, 0.25) is 0 Å². The Morgan fingerprint density at radius 2 is 1.85 bits per heavy atom. The first kappa shape index (κ1) is 28.1. The molecule has 10 nitrogen and oxygen atoms in total. The number of benzene rings is 1. The molecule has 206 valence electrons. The molecule has 4 N–H and O–H groups in total. The molecular formula is C29H39N9O. The summed E-state index contributed by atoms with van der Waals surface area (Å²) in [6.07, 6.45) is 6.92. The highest BCUT2D eigenvalue weighted by atomic mass is 16.2. The highest BCUT2D eigenvalue weighted by Crippen LogP contribution is 2.24. The van der Waals surface area contributed by atoms with Crippen molar-refractivity contribution in [1.82, 2.24) is 14.8 Å². The van der Waals surface area contributed by atoms with Gasteiger partial charge in [0.1, 0.15) is 11.5 Å². The minimum absolute atomic E-state index is 0.0474. The number of pyridine rings is 1. The molecule has 0 aliphatic carbocycles. The van der Waals surface area contributed by atoms with E-state index in [4.69, 9.17) is 11.3 Å². The van der Waals surface area contributed by atoms with E-state index in [2.05, 4.69) is 62.6 Å². The van der Waals surface area contributed by atoms with Gasteiger partial charge in [0.15, 0.2) is 0 Å². The van der Waals surface area contributed by atoms with Gasteiger partial charge in [-0.05, 0) is 89.2 Å². The largest absolute Gasteiger partial charge is 0.344 e. The van der Waals surface area contributed by atoms with Crippen LogP contribution in [-0.4, -0.2) is 64.5 Å². The summed E-state index contributed by atoms with van der Waals surface area (Å²) in [5.74, 6) is 5.94. The van der Waals surface area contributed by atoms with E-state index in [9.17, 15) is 4.79 Å². The lowest BCUT2D eigenvalue weighted by Crippen LogP contribution is -2.47. The quantitative estimate of drug-likeness (QED) is 0.163. The molecule has 0 saturated carbocycles. The van der Waals surface area contributed by atoms with E-state index < -0.39 is 0 Å². The van der Waals surface area contributed by atoms with Gasteiger partial charge in [0, 0.05) is 55.0 Å². The van der Waals surface area contributed by atoms with E-state index in [-0.39, 0.29) is 5.91 Å². The van der Waals surface area contributed by atoms with Crippen LogP contribution in [-0.2, 0) is 0 Å². The van der Waals surface area contributed by atoms with Gasteiger partial charge in [-0.2, -0.15) is 0 Å². The average molecular weight is 530 g/mol. The number of hydrogen-bond acceptors (Lipinski definition) is 7. The number of rotatable bonds is 5. The van der Waals surface area contributed by atoms with Crippen LogP contribution in [0.25, 0.3) is 0 Å². The van der Waals surface area contributed by atoms with E-state index in [1.807, 2.05) is 24.9 Å². The van der Waals surface area contributed by atoms with Gasteiger partial charge in [-0.25, -0.2) is 4.99 Å². The molecule has 39 heavy (non-hydrogen) atoms. The number of nitrogens with one attached hydrogen (secondary N) is 2. The molecule has 2 aromatic rings. The zero-order valence-electron chi connectivity index (χ0n) is 23.4. The highest BCUT2D eigenvalue weighted by molar-refractivity contribution is 5.99. The summed E-state index contributed by atoms with van der Waals surface area (Å²) in [5, 5.41) is 19.2. The molecule has 0 radical (unpaired) electrons. The number of nitrogens with zero attached hydrogens (tertiary/aromatic N) is 6. The molecule has 1 aromatic heterocycles. The van der Waals surface area contributed by atoms with Gasteiger partial charge in [-0.15, -0.1) is 5.11 Å². The Bertz CT molecular complexity index is 1290. The second-order valence-electron chi connectivity index (χ2n) is 10.5. The van der Waals surface area contributed by atoms with Crippen molar-refractivity contribution in [3.8, 4) is 0 Å². The normalized spacial score (nSPS) is 19.1. The summed E-state index contributed by atoms with van der Waals surface area (Å²) in [6.45, 7) is 10.9. The van der Waals surface area contributed by atoms with E-state index >= 15 is 0 Å². The van der Waals surface area contributed by atoms with Crippen molar-refractivity contribution in [2.24, 2.45) is 21.2 Å². The lowest BCUT2D eigenvalue weighted by molar-refractivity contribution is 0.0631. The third kappa shape index (κ3) is 7.35. The number of aryl methyl sites for hydroxylation is 3. The van der Waals surface area contributed by atoms with Crippen molar-refractivity contribution < 1.29 is 4.79 Å². The summed E-state index contributed by atoms with van der Waals surface area (Å²) in [6, 6.07) is 8.41. The number of amidine groups is 1. The summed E-state index contributed by atoms with van der Waals surface area (Å²) in [4.78, 5) is 26.4. The number of hydrogen-bond donors (Lipinski definition) is 3. The van der Waals surface area contributed by atoms with Crippen molar-refractivity contribution in [3.63, 3.8) is 0 Å². The van der Waals surface area contributed by atoms with Crippen LogP contribution in [0.3, 0.4) is 0 Å². The van der Waals surface area contributed by atoms with E-state index in [0.29, 0.717) is 48.3 Å². The number of aliphatic imine (C=N–C) groups is 1. The number of amides is 1. The number of nitrogens with two attached hydrogens (primary N) is 1. The predicted octanol–water partition coefficient (Wildman–Crippen LogP) is 5.10. The van der Waals surface area contributed by atoms with E-state index in [0.717, 1.165) is 49.3 Å². The second kappa shape index (κ2) is 12.8. The van der Waals surface area contributed by atoms with Crippen LogP contribution in [0.1, 0.15) is 59.8 Å². The molecule has 0 atom stereocenters. The standard InChI is InChI=1S/C29H39N9O/c1-19-12-20(2)14-25(13-19)34-22(4)33-17-24-18-38(9-5-6-27(24)30)26-7-10-37(11-8-26)29(39)23-15-28(35-36-31)21(3)32-16-23/h12-17,26,30H,5-11,18H2,1-4H3,(H2,31,35)(H,33,34)/b24-17-,30-27?. The number of piperidine rings is 1. The third-order valence-corrected chi connectivity index (χ3v) is 7.33. The Morgan fingerprint density at radius 3 is 2.54 bits per heavy atom. The number of likely N-dealkylation sites (tertiary alicyclic amines) is 2. The maximum atomic E-state index is 13.1. The lowest BCUT2D eigenvalue weighted by atomic mass is 10.0. The summed E-state index contributed by atoms with van der Waals surface area (Å²) >= 11 is 0.